The fourth-order valence-electron chi connectivity index (χ4n) is 2.61. The first-order valence-corrected chi connectivity index (χ1v) is 7.72. The Balaban J connectivity index is 1.97. The molecule has 1 aliphatic heterocycles. The second-order valence-electron chi connectivity index (χ2n) is 5.44. The van der Waals surface area contributed by atoms with Crippen LogP contribution in [-0.4, -0.2) is 31.1 Å². The summed E-state index contributed by atoms with van der Waals surface area (Å²) >= 11 is 12.1. The van der Waals surface area contributed by atoms with E-state index in [-0.39, 0.29) is 0 Å². The summed E-state index contributed by atoms with van der Waals surface area (Å²) in [5.41, 5.74) is 1.22. The summed E-state index contributed by atoms with van der Waals surface area (Å²) < 4.78 is 0. The number of likely N-dealkylation sites (N-methyl/N-ethyl adjacent to an activating group) is 1. The predicted molar refractivity (Wildman–Crippen MR) is 83.1 cm³/mol. The summed E-state index contributed by atoms with van der Waals surface area (Å²) in [6.07, 6.45) is 3.92. The third kappa shape index (κ3) is 4.09. The molecule has 1 N–H and O–H groups in total. The number of nitrogens with one attached hydrogen (secondary N) is 1. The normalized spacial score (nSPS) is 21.6. The maximum atomic E-state index is 6.09. The van der Waals surface area contributed by atoms with Crippen LogP contribution < -0.4 is 5.32 Å². The van der Waals surface area contributed by atoms with E-state index in [1.807, 2.05) is 12.1 Å². The monoisotopic (exact) mass is 300 g/mol. The molecule has 2 unspecified atom stereocenters. The van der Waals surface area contributed by atoms with Gasteiger partial charge < -0.3 is 5.32 Å². The molecule has 1 aromatic rings. The van der Waals surface area contributed by atoms with Gasteiger partial charge in [-0.2, -0.15) is 0 Å². The van der Waals surface area contributed by atoms with Crippen LogP contribution in [0.4, 0.5) is 0 Å². The van der Waals surface area contributed by atoms with Crippen LogP contribution in [0.3, 0.4) is 0 Å². The van der Waals surface area contributed by atoms with Gasteiger partial charge in [0.15, 0.2) is 0 Å². The average molecular weight is 301 g/mol. The molecule has 1 aromatic carbocycles. The fraction of sp³-hybridized carbons (Fsp3) is 0.600. The maximum Gasteiger partial charge on any atom is 0.0595 e. The average Bonchev–Trinajstić information content (AvgIpc) is 2.42. The van der Waals surface area contributed by atoms with E-state index in [1.54, 1.807) is 0 Å². The number of halogens is 2. The first kappa shape index (κ1) is 15.1. The van der Waals surface area contributed by atoms with Crippen LogP contribution >= 0.6 is 23.2 Å². The van der Waals surface area contributed by atoms with Gasteiger partial charge in [0.25, 0.3) is 0 Å². The Labute approximate surface area is 126 Å². The quantitative estimate of drug-likeness (QED) is 0.899. The molecule has 2 nitrogen and oxygen atoms in total. The van der Waals surface area contributed by atoms with Gasteiger partial charge in [0.2, 0.25) is 0 Å². The van der Waals surface area contributed by atoms with Crippen LogP contribution in [0.25, 0.3) is 0 Å². The molecule has 4 heteroatoms. The lowest BCUT2D eigenvalue weighted by Gasteiger charge is -2.32. The van der Waals surface area contributed by atoms with Gasteiger partial charge >= 0.3 is 0 Å². The summed E-state index contributed by atoms with van der Waals surface area (Å²) in [6, 6.07) is 6.87. The molecular formula is C15H22Cl2N2. The molecule has 2 rings (SSSR count). The zero-order chi connectivity index (χ0) is 13.8. The third-order valence-electron chi connectivity index (χ3n) is 4.01. The second kappa shape index (κ2) is 6.94. The maximum absolute atomic E-state index is 6.09. The summed E-state index contributed by atoms with van der Waals surface area (Å²) in [7, 11) is 2.17. The second-order valence-corrected chi connectivity index (χ2v) is 6.25. The van der Waals surface area contributed by atoms with Gasteiger partial charge in [-0.1, -0.05) is 35.7 Å². The van der Waals surface area contributed by atoms with Crippen molar-refractivity contribution in [1.82, 2.24) is 10.2 Å². The summed E-state index contributed by atoms with van der Waals surface area (Å²) in [4.78, 5) is 2.38. The minimum Gasteiger partial charge on any atom is -0.313 e. The lowest BCUT2D eigenvalue weighted by Crippen LogP contribution is -2.43. The van der Waals surface area contributed by atoms with Gasteiger partial charge in [-0.05, 0) is 51.1 Å². The Morgan fingerprint density at radius 2 is 2.11 bits per heavy atom. The molecule has 1 fully saturated rings. The van der Waals surface area contributed by atoms with E-state index < -0.39 is 0 Å². The molecule has 1 aliphatic rings. The van der Waals surface area contributed by atoms with Crippen molar-refractivity contribution in [1.29, 1.82) is 0 Å². The van der Waals surface area contributed by atoms with Gasteiger partial charge in [0, 0.05) is 18.6 Å². The lowest BCUT2D eigenvalue weighted by molar-refractivity contribution is 0.215. The molecule has 0 aliphatic carbocycles. The van der Waals surface area contributed by atoms with E-state index in [1.165, 1.54) is 24.8 Å². The Hall–Kier alpha value is -0.280. The molecule has 1 saturated heterocycles. The van der Waals surface area contributed by atoms with E-state index >= 15 is 0 Å². The Morgan fingerprint density at radius 3 is 2.74 bits per heavy atom. The molecule has 0 bridgehead atoms. The first-order chi connectivity index (χ1) is 9.08. The highest BCUT2D eigenvalue weighted by Crippen LogP contribution is 2.27. The number of rotatable bonds is 4. The van der Waals surface area contributed by atoms with E-state index in [0.29, 0.717) is 22.1 Å². The highest BCUT2D eigenvalue weighted by atomic mass is 35.5. The number of piperidine rings is 1. The summed E-state index contributed by atoms with van der Waals surface area (Å²) in [5.74, 6) is 0. The molecule has 0 amide bonds. The highest BCUT2D eigenvalue weighted by molar-refractivity contribution is 6.42. The summed E-state index contributed by atoms with van der Waals surface area (Å²) in [5, 5.41) is 4.84. The molecule has 1 heterocycles. The minimum absolute atomic E-state index is 0.346. The number of hydrogen-bond acceptors (Lipinski definition) is 2. The fourth-order valence-corrected chi connectivity index (χ4v) is 2.92. The zero-order valence-corrected chi connectivity index (χ0v) is 13.1. The Bertz CT molecular complexity index is 417. The lowest BCUT2D eigenvalue weighted by atomic mass is 10.0. The number of benzene rings is 1. The van der Waals surface area contributed by atoms with E-state index in [2.05, 4.69) is 30.3 Å². The van der Waals surface area contributed by atoms with Crippen molar-refractivity contribution < 1.29 is 0 Å². The first-order valence-electron chi connectivity index (χ1n) is 6.96. The highest BCUT2D eigenvalue weighted by Gasteiger charge is 2.19. The van der Waals surface area contributed by atoms with Crippen LogP contribution in [0.2, 0.25) is 10.0 Å². The molecule has 106 valence electrons. The third-order valence-corrected chi connectivity index (χ3v) is 4.75. The summed E-state index contributed by atoms with van der Waals surface area (Å²) in [6.45, 7) is 4.43. The van der Waals surface area contributed by atoms with Gasteiger partial charge in [-0.25, -0.2) is 0 Å². The van der Waals surface area contributed by atoms with Crippen molar-refractivity contribution in [3.05, 3.63) is 33.8 Å². The zero-order valence-electron chi connectivity index (χ0n) is 11.6. The molecular weight excluding hydrogens is 279 g/mol. The van der Waals surface area contributed by atoms with Gasteiger partial charge in [-0.3, -0.25) is 4.90 Å². The van der Waals surface area contributed by atoms with E-state index in [0.717, 1.165) is 13.1 Å². The van der Waals surface area contributed by atoms with Crippen molar-refractivity contribution >= 4 is 23.2 Å². The molecule has 0 radical (unpaired) electrons. The van der Waals surface area contributed by atoms with Crippen LogP contribution in [-0.2, 0) is 0 Å². The molecule has 2 atom stereocenters. The standard InChI is InChI=1S/C15H22Cl2N2/c1-11(12-6-7-14(16)15(17)9-12)19(2)10-13-5-3-4-8-18-13/h6-7,9,11,13,18H,3-5,8,10H2,1-2H3. The van der Waals surface area contributed by atoms with Gasteiger partial charge in [0.1, 0.15) is 0 Å². The van der Waals surface area contributed by atoms with Crippen LogP contribution in [0, 0.1) is 0 Å². The largest absolute Gasteiger partial charge is 0.313 e. The van der Waals surface area contributed by atoms with Crippen molar-refractivity contribution in [2.24, 2.45) is 0 Å². The molecule has 0 spiro atoms. The van der Waals surface area contributed by atoms with Gasteiger partial charge in [0.05, 0.1) is 10.0 Å². The van der Waals surface area contributed by atoms with E-state index in [4.69, 9.17) is 23.2 Å². The van der Waals surface area contributed by atoms with Crippen LogP contribution in [0.15, 0.2) is 18.2 Å². The topological polar surface area (TPSA) is 15.3 Å². The van der Waals surface area contributed by atoms with E-state index in [9.17, 15) is 0 Å². The number of nitrogens with zero attached hydrogens (tertiary/aromatic N) is 1. The molecule has 0 aromatic heterocycles. The number of hydrogen-bond donors (Lipinski definition) is 1. The van der Waals surface area contributed by atoms with Crippen molar-refractivity contribution in [2.45, 2.75) is 38.3 Å². The van der Waals surface area contributed by atoms with Crippen LogP contribution in [0.1, 0.15) is 37.8 Å². The molecule has 19 heavy (non-hydrogen) atoms. The Morgan fingerprint density at radius 1 is 1.32 bits per heavy atom. The van der Waals surface area contributed by atoms with Gasteiger partial charge in [-0.15, -0.1) is 0 Å². The smallest absolute Gasteiger partial charge is 0.0595 e. The molecule has 0 saturated carbocycles. The Kier molecular flexibility index (Phi) is 5.52. The minimum atomic E-state index is 0.346. The van der Waals surface area contributed by atoms with Crippen molar-refractivity contribution in [3.63, 3.8) is 0 Å². The van der Waals surface area contributed by atoms with Crippen molar-refractivity contribution in [2.75, 3.05) is 20.1 Å². The predicted octanol–water partition coefficient (Wildman–Crippen LogP) is 4.13. The van der Waals surface area contributed by atoms with Crippen LogP contribution in [0.5, 0.6) is 0 Å². The SMILES string of the molecule is CC(c1ccc(Cl)c(Cl)c1)N(C)CC1CCCCN1. The van der Waals surface area contributed by atoms with Crippen molar-refractivity contribution in [3.8, 4) is 0 Å².